The maximum atomic E-state index is 13.6. The number of carbonyl (C=O) groups is 2. The monoisotopic (exact) mass is 506 g/mol. The standard InChI is InChI=1S/C27H24F2N4O2S/c1-32-24-15-20(29)19(28)14-22(24)31-27(32)36-16-25(34)33-13-7-12-23(33)26(35)30-21-11-6-5-10-18(21)17-8-3-2-4-9-17/h2-6,8-11,14-15,23H,7,12-13,16H2,1H3,(H,30,35)/t23-/m0/s1. The molecule has 1 N–H and O–H groups in total. The SMILES string of the molecule is Cn1c(SCC(=O)N2CCC[C@H]2C(=O)Nc2ccccc2-c2ccccc2)nc2cc(F)c(F)cc21. The van der Waals surface area contributed by atoms with Crippen LogP contribution in [0.3, 0.4) is 0 Å². The molecule has 4 aromatic rings. The van der Waals surface area contributed by atoms with Crippen molar-refractivity contribution in [2.24, 2.45) is 7.05 Å². The molecule has 0 aliphatic carbocycles. The fourth-order valence-corrected chi connectivity index (χ4v) is 5.39. The Labute approximate surface area is 211 Å². The lowest BCUT2D eigenvalue weighted by molar-refractivity contribution is -0.134. The lowest BCUT2D eigenvalue weighted by atomic mass is 10.0. The molecule has 2 heterocycles. The minimum atomic E-state index is -0.965. The first kappa shape index (κ1) is 24.0. The van der Waals surface area contributed by atoms with E-state index in [9.17, 15) is 18.4 Å². The Kier molecular flexibility index (Phi) is 6.73. The average molecular weight is 507 g/mol. The molecule has 36 heavy (non-hydrogen) atoms. The van der Waals surface area contributed by atoms with Crippen LogP contribution in [0, 0.1) is 11.6 Å². The molecule has 0 spiro atoms. The minimum absolute atomic E-state index is 0.0620. The van der Waals surface area contributed by atoms with Crippen molar-refractivity contribution in [1.82, 2.24) is 14.5 Å². The molecule has 0 saturated carbocycles. The Hall–Kier alpha value is -3.72. The van der Waals surface area contributed by atoms with E-state index in [0.717, 1.165) is 29.7 Å². The van der Waals surface area contributed by atoms with Gasteiger partial charge in [0.15, 0.2) is 16.8 Å². The van der Waals surface area contributed by atoms with Crippen molar-refractivity contribution in [3.05, 3.63) is 78.4 Å². The van der Waals surface area contributed by atoms with Gasteiger partial charge in [0.2, 0.25) is 11.8 Å². The van der Waals surface area contributed by atoms with Gasteiger partial charge < -0.3 is 14.8 Å². The Morgan fingerprint density at radius 2 is 1.78 bits per heavy atom. The first-order valence-electron chi connectivity index (χ1n) is 11.6. The zero-order valence-corrected chi connectivity index (χ0v) is 20.4. The summed E-state index contributed by atoms with van der Waals surface area (Å²) in [4.78, 5) is 32.2. The summed E-state index contributed by atoms with van der Waals surface area (Å²) >= 11 is 1.18. The molecule has 0 bridgehead atoms. The Balaban J connectivity index is 1.28. The number of likely N-dealkylation sites (tertiary alicyclic amines) is 1. The van der Waals surface area contributed by atoms with Crippen LogP contribution >= 0.6 is 11.8 Å². The number of rotatable bonds is 6. The minimum Gasteiger partial charge on any atom is -0.330 e. The lowest BCUT2D eigenvalue weighted by Crippen LogP contribution is -2.44. The number of nitrogens with zero attached hydrogens (tertiary/aromatic N) is 3. The maximum Gasteiger partial charge on any atom is 0.247 e. The van der Waals surface area contributed by atoms with Crippen LogP contribution in [0.15, 0.2) is 71.9 Å². The van der Waals surface area contributed by atoms with Crippen molar-refractivity contribution < 1.29 is 18.4 Å². The van der Waals surface area contributed by atoms with Crippen LogP contribution in [-0.2, 0) is 16.6 Å². The van der Waals surface area contributed by atoms with Gasteiger partial charge in [0, 0.05) is 37.0 Å². The maximum absolute atomic E-state index is 13.6. The summed E-state index contributed by atoms with van der Waals surface area (Å²) in [5.74, 6) is -2.25. The fourth-order valence-electron chi connectivity index (χ4n) is 4.52. The lowest BCUT2D eigenvalue weighted by Gasteiger charge is -2.24. The van der Waals surface area contributed by atoms with Crippen LogP contribution in [0.25, 0.3) is 22.2 Å². The molecular weight excluding hydrogens is 482 g/mol. The number of carbonyl (C=O) groups excluding carboxylic acids is 2. The van der Waals surface area contributed by atoms with E-state index in [1.54, 1.807) is 16.5 Å². The molecule has 3 aromatic carbocycles. The highest BCUT2D eigenvalue weighted by atomic mass is 32.2. The van der Waals surface area contributed by atoms with Crippen LogP contribution in [-0.4, -0.2) is 44.6 Å². The molecule has 1 aromatic heterocycles. The molecule has 0 unspecified atom stereocenters. The number of aromatic nitrogens is 2. The number of nitrogens with one attached hydrogen (secondary N) is 1. The highest BCUT2D eigenvalue weighted by Gasteiger charge is 2.34. The normalized spacial score (nSPS) is 15.4. The van der Waals surface area contributed by atoms with Crippen LogP contribution in [0.4, 0.5) is 14.5 Å². The van der Waals surface area contributed by atoms with E-state index in [-0.39, 0.29) is 17.6 Å². The van der Waals surface area contributed by atoms with Gasteiger partial charge in [0.25, 0.3) is 0 Å². The molecule has 1 atom stereocenters. The number of thioether (sulfide) groups is 1. The van der Waals surface area contributed by atoms with Crippen molar-refractivity contribution in [3.63, 3.8) is 0 Å². The molecule has 6 nitrogen and oxygen atoms in total. The summed E-state index contributed by atoms with van der Waals surface area (Å²) in [6.07, 6.45) is 1.32. The second-order valence-corrected chi connectivity index (χ2v) is 9.59. The van der Waals surface area contributed by atoms with Gasteiger partial charge in [-0.25, -0.2) is 13.8 Å². The van der Waals surface area contributed by atoms with Gasteiger partial charge >= 0.3 is 0 Å². The van der Waals surface area contributed by atoms with Gasteiger partial charge in [-0.05, 0) is 24.5 Å². The summed E-state index contributed by atoms with van der Waals surface area (Å²) in [6.45, 7) is 0.497. The predicted molar refractivity (Wildman–Crippen MR) is 137 cm³/mol. The second kappa shape index (κ2) is 10.1. The van der Waals surface area contributed by atoms with Crippen molar-refractivity contribution >= 4 is 40.3 Å². The fraction of sp³-hybridized carbons (Fsp3) is 0.222. The van der Waals surface area contributed by atoms with E-state index in [1.165, 1.54) is 11.8 Å². The van der Waals surface area contributed by atoms with Crippen molar-refractivity contribution in [2.45, 2.75) is 24.0 Å². The highest BCUT2D eigenvalue weighted by Crippen LogP contribution is 2.30. The third-order valence-corrected chi connectivity index (χ3v) is 7.37. The van der Waals surface area contributed by atoms with Crippen LogP contribution < -0.4 is 5.32 Å². The summed E-state index contributed by atoms with van der Waals surface area (Å²) in [5, 5.41) is 3.49. The van der Waals surface area contributed by atoms with Crippen molar-refractivity contribution in [3.8, 4) is 11.1 Å². The summed E-state index contributed by atoms with van der Waals surface area (Å²) in [6, 6.07) is 19.0. The molecule has 2 amide bonds. The summed E-state index contributed by atoms with van der Waals surface area (Å²) in [5.41, 5.74) is 3.36. The van der Waals surface area contributed by atoms with E-state index in [0.29, 0.717) is 34.8 Å². The molecule has 0 radical (unpaired) electrons. The number of para-hydroxylation sites is 1. The molecule has 1 aliphatic heterocycles. The smallest absolute Gasteiger partial charge is 0.247 e. The molecule has 9 heteroatoms. The number of aryl methyl sites for hydroxylation is 1. The zero-order valence-electron chi connectivity index (χ0n) is 19.6. The topological polar surface area (TPSA) is 67.2 Å². The third-order valence-electron chi connectivity index (χ3n) is 6.35. The number of imidazole rings is 1. The summed E-state index contributed by atoms with van der Waals surface area (Å²) in [7, 11) is 1.69. The van der Waals surface area contributed by atoms with Crippen LogP contribution in [0.2, 0.25) is 0 Å². The van der Waals surface area contributed by atoms with Crippen molar-refractivity contribution in [1.29, 1.82) is 0 Å². The molecule has 184 valence electrons. The third kappa shape index (κ3) is 4.70. The van der Waals surface area contributed by atoms with Gasteiger partial charge in [-0.2, -0.15) is 0 Å². The van der Waals surface area contributed by atoms with E-state index in [1.807, 2.05) is 54.6 Å². The number of anilines is 1. The van der Waals surface area contributed by atoms with Gasteiger partial charge in [-0.15, -0.1) is 0 Å². The first-order chi connectivity index (χ1) is 17.4. The van der Waals surface area contributed by atoms with Crippen molar-refractivity contribution in [2.75, 3.05) is 17.6 Å². The number of amides is 2. The average Bonchev–Trinajstić information content (AvgIpc) is 3.49. The van der Waals surface area contributed by atoms with Gasteiger partial charge in [0.05, 0.1) is 16.8 Å². The second-order valence-electron chi connectivity index (χ2n) is 8.64. The van der Waals surface area contributed by atoms with E-state index in [2.05, 4.69) is 10.3 Å². The molecule has 1 aliphatic rings. The van der Waals surface area contributed by atoms with Gasteiger partial charge in [0.1, 0.15) is 6.04 Å². The van der Waals surface area contributed by atoms with Crippen LogP contribution in [0.5, 0.6) is 0 Å². The number of benzene rings is 3. The van der Waals surface area contributed by atoms with E-state index >= 15 is 0 Å². The van der Waals surface area contributed by atoms with Gasteiger partial charge in [-0.3, -0.25) is 9.59 Å². The quantitative estimate of drug-likeness (QED) is 0.363. The first-order valence-corrected chi connectivity index (χ1v) is 12.6. The molecule has 1 fully saturated rings. The number of hydrogen-bond acceptors (Lipinski definition) is 4. The number of fused-ring (bicyclic) bond motifs is 1. The molecule has 1 saturated heterocycles. The van der Waals surface area contributed by atoms with E-state index in [4.69, 9.17) is 0 Å². The summed E-state index contributed by atoms with van der Waals surface area (Å²) < 4.78 is 28.8. The largest absolute Gasteiger partial charge is 0.330 e. The van der Waals surface area contributed by atoms with E-state index < -0.39 is 17.7 Å². The Morgan fingerprint density at radius 1 is 1.06 bits per heavy atom. The predicted octanol–water partition coefficient (Wildman–Crippen LogP) is 5.24. The van der Waals surface area contributed by atoms with Gasteiger partial charge in [-0.1, -0.05) is 60.3 Å². The zero-order chi connectivity index (χ0) is 25.2. The molecular formula is C27H24F2N4O2S. The Morgan fingerprint density at radius 3 is 2.58 bits per heavy atom. The number of halogens is 2. The van der Waals surface area contributed by atoms with Crippen LogP contribution in [0.1, 0.15) is 12.8 Å². The number of hydrogen-bond donors (Lipinski definition) is 1. The molecule has 5 rings (SSSR count). The highest BCUT2D eigenvalue weighted by molar-refractivity contribution is 7.99. The Bertz CT molecular complexity index is 1440.